The summed E-state index contributed by atoms with van der Waals surface area (Å²) in [7, 11) is 1.73. The first-order valence-corrected chi connectivity index (χ1v) is 9.65. The van der Waals surface area contributed by atoms with Gasteiger partial charge in [0.2, 0.25) is 0 Å². The van der Waals surface area contributed by atoms with E-state index in [0.717, 1.165) is 31.2 Å². The van der Waals surface area contributed by atoms with Gasteiger partial charge >= 0.3 is 5.97 Å². The van der Waals surface area contributed by atoms with Crippen LogP contribution in [0, 0.1) is 5.92 Å². The number of hydrogen-bond donors (Lipinski definition) is 3. The largest absolute Gasteiger partial charge is 0.484 e. The molecule has 0 unspecified atom stereocenters. The molecule has 9 heteroatoms. The van der Waals surface area contributed by atoms with Crippen LogP contribution in [0.4, 0.5) is 0 Å². The van der Waals surface area contributed by atoms with Crippen molar-refractivity contribution in [3.05, 3.63) is 29.8 Å². The van der Waals surface area contributed by atoms with Crippen molar-refractivity contribution in [2.75, 3.05) is 20.3 Å². The summed E-state index contributed by atoms with van der Waals surface area (Å²) in [5.74, 6) is 0.727. The molecule has 0 spiro atoms. The fourth-order valence-electron chi connectivity index (χ4n) is 3.21. The second-order valence-electron chi connectivity index (χ2n) is 6.77. The standard InChI is InChI=1S/C20H30N4O4.HI/c1-3-27-19(26)15-7-9-16(10-8-15)24-20(22-2)23-12-14-5-4-6-17(11-14)28-13-18(21)25;/h4-6,11,15-16H,3,7-10,12-13H2,1-2H3,(H2,21,25)(H2,22,23,24);1H. The van der Waals surface area contributed by atoms with Gasteiger partial charge in [-0.3, -0.25) is 14.6 Å². The summed E-state index contributed by atoms with van der Waals surface area (Å²) in [5.41, 5.74) is 6.09. The third kappa shape index (κ3) is 8.88. The highest BCUT2D eigenvalue weighted by Crippen LogP contribution is 2.25. The zero-order valence-corrected chi connectivity index (χ0v) is 19.3. The van der Waals surface area contributed by atoms with Crippen molar-refractivity contribution in [3.63, 3.8) is 0 Å². The van der Waals surface area contributed by atoms with Crippen LogP contribution >= 0.6 is 24.0 Å². The first-order valence-electron chi connectivity index (χ1n) is 9.65. The average Bonchev–Trinajstić information content (AvgIpc) is 2.70. The summed E-state index contributed by atoms with van der Waals surface area (Å²) in [6.45, 7) is 2.68. The van der Waals surface area contributed by atoms with Crippen LogP contribution < -0.4 is 21.1 Å². The second-order valence-corrected chi connectivity index (χ2v) is 6.77. The minimum atomic E-state index is -0.509. The molecule has 4 N–H and O–H groups in total. The molecule has 1 aliphatic carbocycles. The number of carbonyl (C=O) groups excluding carboxylic acids is 2. The molecule has 1 fully saturated rings. The van der Waals surface area contributed by atoms with Crippen molar-refractivity contribution in [2.24, 2.45) is 16.6 Å². The SMILES string of the molecule is CCOC(=O)C1CCC(NC(=NC)NCc2cccc(OCC(N)=O)c2)CC1.I. The van der Waals surface area contributed by atoms with E-state index in [2.05, 4.69) is 15.6 Å². The Kier molecular flexibility index (Phi) is 11.4. The van der Waals surface area contributed by atoms with Crippen LogP contribution in [0.3, 0.4) is 0 Å². The van der Waals surface area contributed by atoms with E-state index in [-0.39, 0.29) is 48.5 Å². The summed E-state index contributed by atoms with van der Waals surface area (Å²) < 4.78 is 10.4. The lowest BCUT2D eigenvalue weighted by atomic mass is 9.86. The average molecular weight is 518 g/mol. The van der Waals surface area contributed by atoms with Gasteiger partial charge in [-0.1, -0.05) is 12.1 Å². The Morgan fingerprint density at radius 1 is 1.24 bits per heavy atom. The molecule has 0 aromatic heterocycles. The van der Waals surface area contributed by atoms with Crippen molar-refractivity contribution in [3.8, 4) is 5.75 Å². The number of rotatable bonds is 8. The molecule has 1 amide bonds. The minimum Gasteiger partial charge on any atom is -0.484 e. The van der Waals surface area contributed by atoms with E-state index in [0.29, 0.717) is 24.9 Å². The summed E-state index contributed by atoms with van der Waals surface area (Å²) >= 11 is 0. The van der Waals surface area contributed by atoms with Crippen LogP contribution in [0.15, 0.2) is 29.3 Å². The maximum Gasteiger partial charge on any atom is 0.308 e. The lowest BCUT2D eigenvalue weighted by Crippen LogP contribution is -2.45. The Bertz CT molecular complexity index is 691. The molecule has 1 saturated carbocycles. The number of esters is 1. The number of amides is 1. The molecule has 29 heavy (non-hydrogen) atoms. The number of nitrogens with two attached hydrogens (primary N) is 1. The van der Waals surface area contributed by atoms with E-state index in [9.17, 15) is 9.59 Å². The molecule has 1 aromatic carbocycles. The number of primary amides is 1. The van der Waals surface area contributed by atoms with Gasteiger partial charge in [0.05, 0.1) is 12.5 Å². The molecule has 0 radical (unpaired) electrons. The number of ether oxygens (including phenoxy) is 2. The maximum absolute atomic E-state index is 11.8. The van der Waals surface area contributed by atoms with Crippen LogP contribution in [0.5, 0.6) is 5.75 Å². The number of guanidine groups is 1. The van der Waals surface area contributed by atoms with Crippen LogP contribution in [0.2, 0.25) is 0 Å². The Morgan fingerprint density at radius 2 is 1.97 bits per heavy atom. The minimum absolute atomic E-state index is 0. The Labute approximate surface area is 189 Å². The molecule has 8 nitrogen and oxygen atoms in total. The van der Waals surface area contributed by atoms with Gasteiger partial charge in [0.25, 0.3) is 5.91 Å². The number of nitrogens with one attached hydrogen (secondary N) is 2. The highest BCUT2D eigenvalue weighted by atomic mass is 127. The van der Waals surface area contributed by atoms with E-state index < -0.39 is 5.91 Å². The highest BCUT2D eigenvalue weighted by molar-refractivity contribution is 14.0. The van der Waals surface area contributed by atoms with Gasteiger partial charge < -0.3 is 25.8 Å². The number of nitrogens with zero attached hydrogens (tertiary/aromatic N) is 1. The summed E-state index contributed by atoms with van der Waals surface area (Å²) in [6, 6.07) is 7.74. The van der Waals surface area contributed by atoms with Gasteiger partial charge in [-0.15, -0.1) is 24.0 Å². The van der Waals surface area contributed by atoms with Crippen LogP contribution in [-0.4, -0.2) is 44.1 Å². The number of halogens is 1. The predicted molar refractivity (Wildman–Crippen MR) is 122 cm³/mol. The Hall–Kier alpha value is -2.04. The van der Waals surface area contributed by atoms with Gasteiger partial charge in [-0.05, 0) is 50.3 Å². The third-order valence-electron chi connectivity index (χ3n) is 4.65. The molecule has 162 valence electrons. The first kappa shape index (κ1) is 25.0. The van der Waals surface area contributed by atoms with Crippen LogP contribution in [0.25, 0.3) is 0 Å². The maximum atomic E-state index is 11.8. The molecule has 0 saturated heterocycles. The lowest BCUT2D eigenvalue weighted by Gasteiger charge is -2.29. The summed E-state index contributed by atoms with van der Waals surface area (Å²) in [5, 5.41) is 6.70. The topological polar surface area (TPSA) is 115 Å². The van der Waals surface area contributed by atoms with Crippen molar-refractivity contribution in [1.29, 1.82) is 0 Å². The third-order valence-corrected chi connectivity index (χ3v) is 4.65. The molecular formula is C20H31IN4O4. The lowest BCUT2D eigenvalue weighted by molar-refractivity contribution is -0.149. The van der Waals surface area contributed by atoms with Gasteiger partial charge in [0, 0.05) is 19.6 Å². The highest BCUT2D eigenvalue weighted by Gasteiger charge is 2.27. The molecule has 0 atom stereocenters. The predicted octanol–water partition coefficient (Wildman–Crippen LogP) is 1.96. The number of benzene rings is 1. The smallest absolute Gasteiger partial charge is 0.308 e. The monoisotopic (exact) mass is 518 g/mol. The van der Waals surface area contributed by atoms with Gasteiger partial charge in [-0.25, -0.2) is 0 Å². The van der Waals surface area contributed by atoms with E-state index in [1.807, 2.05) is 25.1 Å². The summed E-state index contributed by atoms with van der Waals surface area (Å²) in [4.78, 5) is 26.9. The quantitative estimate of drug-likeness (QED) is 0.210. The number of carbonyl (C=O) groups is 2. The molecule has 1 aliphatic rings. The van der Waals surface area contributed by atoms with Gasteiger partial charge in [0.1, 0.15) is 5.75 Å². The summed E-state index contributed by atoms with van der Waals surface area (Å²) in [6.07, 6.45) is 3.46. The van der Waals surface area contributed by atoms with E-state index in [1.165, 1.54) is 0 Å². The van der Waals surface area contributed by atoms with Crippen molar-refractivity contribution < 1.29 is 19.1 Å². The molecule has 1 aromatic rings. The van der Waals surface area contributed by atoms with Crippen molar-refractivity contribution >= 4 is 41.8 Å². The molecule has 0 heterocycles. The number of hydrogen-bond acceptors (Lipinski definition) is 5. The second kappa shape index (κ2) is 13.2. The van der Waals surface area contributed by atoms with E-state index in [4.69, 9.17) is 15.2 Å². The normalized spacial score (nSPS) is 18.9. The molecular weight excluding hydrogens is 487 g/mol. The van der Waals surface area contributed by atoms with E-state index >= 15 is 0 Å². The van der Waals surface area contributed by atoms with Crippen LogP contribution in [0.1, 0.15) is 38.2 Å². The van der Waals surface area contributed by atoms with Gasteiger partial charge in [0.15, 0.2) is 12.6 Å². The zero-order valence-electron chi connectivity index (χ0n) is 17.0. The first-order chi connectivity index (χ1) is 13.5. The van der Waals surface area contributed by atoms with Crippen molar-refractivity contribution in [1.82, 2.24) is 10.6 Å². The fourth-order valence-corrected chi connectivity index (χ4v) is 3.21. The zero-order chi connectivity index (χ0) is 20.4. The molecule has 2 rings (SSSR count). The van der Waals surface area contributed by atoms with E-state index in [1.54, 1.807) is 13.1 Å². The van der Waals surface area contributed by atoms with Gasteiger partial charge in [-0.2, -0.15) is 0 Å². The molecule has 0 aliphatic heterocycles. The number of aliphatic imine (C=N–C) groups is 1. The van der Waals surface area contributed by atoms with Crippen molar-refractivity contribution in [2.45, 2.75) is 45.2 Å². The molecule has 0 bridgehead atoms. The fraction of sp³-hybridized carbons (Fsp3) is 0.550. The Balaban J connectivity index is 0.00000420. The van der Waals surface area contributed by atoms with Crippen LogP contribution in [-0.2, 0) is 20.9 Å². The Morgan fingerprint density at radius 3 is 2.59 bits per heavy atom.